The van der Waals surface area contributed by atoms with Crippen molar-refractivity contribution >= 4 is 43.6 Å². The van der Waals surface area contributed by atoms with Gasteiger partial charge in [-0.2, -0.15) is 18.4 Å². The predicted molar refractivity (Wildman–Crippen MR) is 315 cm³/mol. The zero-order valence-electron chi connectivity index (χ0n) is 44.7. The molecule has 0 fully saturated rings. The molecule has 3 nitrogen and oxygen atoms in total. The molecule has 6 heteroatoms. The van der Waals surface area contributed by atoms with Gasteiger partial charge in [-0.05, 0) is 185 Å². The predicted octanol–water partition coefficient (Wildman–Crippen LogP) is 19.9. The quantitative estimate of drug-likeness (QED) is 0.157. The lowest BCUT2D eigenvalue weighted by atomic mass is 9.91. The molecular formula is C71H56F3N3. The number of halogens is 3. The Bertz CT molecular complexity index is 4200. The number of aryl methyl sites for hydroxylation is 9. The van der Waals surface area contributed by atoms with Crippen molar-refractivity contribution in [2.24, 2.45) is 0 Å². The van der Waals surface area contributed by atoms with Gasteiger partial charge in [0.25, 0.3) is 0 Å². The van der Waals surface area contributed by atoms with Gasteiger partial charge in [-0.25, -0.2) is 0 Å². The van der Waals surface area contributed by atoms with Crippen LogP contribution in [0, 0.1) is 73.6 Å². The van der Waals surface area contributed by atoms with E-state index in [-0.39, 0.29) is 5.56 Å². The standard InChI is InChI=1S/C71H56F3N3/c1-40-21-41(2)26-53(25-40)49-13-17-64-58(33-49)59-34-50(54-27-42(3)22-43(4)28-54)14-18-65(59)76(64)68-38-62(70-48(9)11-10-12-63(70)71(72,73)74)69(37-57(68)39-75)77-66-19-15-51(55-29-44(5)23-45(6)30-55)35-60(66)61-36-52(16-20-67(61)77)56-31-46(7)24-47(8)32-56/h10-38H,1-9H3. The first-order chi connectivity index (χ1) is 36.9. The Labute approximate surface area is 447 Å². The van der Waals surface area contributed by atoms with Crippen molar-refractivity contribution in [3.8, 4) is 73.1 Å². The molecule has 12 rings (SSSR count). The van der Waals surface area contributed by atoms with Gasteiger partial charge >= 0.3 is 6.18 Å². The van der Waals surface area contributed by atoms with Crippen LogP contribution in [0.1, 0.15) is 61.2 Å². The van der Waals surface area contributed by atoms with Crippen molar-refractivity contribution in [1.82, 2.24) is 9.13 Å². The average Bonchev–Trinajstić information content (AvgIpc) is 4.14. The minimum atomic E-state index is -4.70. The lowest BCUT2D eigenvalue weighted by Crippen LogP contribution is -2.10. The van der Waals surface area contributed by atoms with Crippen molar-refractivity contribution in [3.63, 3.8) is 0 Å². The van der Waals surface area contributed by atoms with Gasteiger partial charge in [0.05, 0.1) is 44.6 Å². The maximum Gasteiger partial charge on any atom is 0.417 e. The maximum absolute atomic E-state index is 15.7. The van der Waals surface area contributed by atoms with Crippen molar-refractivity contribution in [2.45, 2.75) is 68.5 Å². The lowest BCUT2D eigenvalue weighted by Gasteiger charge is -2.22. The van der Waals surface area contributed by atoms with Crippen LogP contribution in [-0.2, 0) is 6.18 Å². The summed E-state index contributed by atoms with van der Waals surface area (Å²) in [7, 11) is 0. The molecule has 0 amide bonds. The first-order valence-corrected chi connectivity index (χ1v) is 26.2. The van der Waals surface area contributed by atoms with E-state index < -0.39 is 11.7 Å². The van der Waals surface area contributed by atoms with E-state index in [2.05, 4.69) is 216 Å². The van der Waals surface area contributed by atoms with Crippen molar-refractivity contribution in [2.75, 3.05) is 0 Å². The molecule has 0 spiro atoms. The molecule has 2 aromatic heterocycles. The van der Waals surface area contributed by atoms with Gasteiger partial charge in [0.2, 0.25) is 0 Å². The number of benzene rings is 10. The fraction of sp³-hybridized carbons (Fsp3) is 0.141. The highest BCUT2D eigenvalue weighted by atomic mass is 19.4. The molecule has 0 aliphatic rings. The third kappa shape index (κ3) is 8.66. The normalized spacial score (nSPS) is 11.9. The molecule has 0 radical (unpaired) electrons. The first kappa shape index (κ1) is 49.0. The lowest BCUT2D eigenvalue weighted by molar-refractivity contribution is -0.137. The van der Waals surface area contributed by atoms with E-state index >= 15 is 13.2 Å². The summed E-state index contributed by atoms with van der Waals surface area (Å²) in [5.74, 6) is 0. The van der Waals surface area contributed by atoms with E-state index in [1.54, 1.807) is 13.0 Å². The van der Waals surface area contributed by atoms with Gasteiger partial charge in [-0.15, -0.1) is 0 Å². The van der Waals surface area contributed by atoms with Gasteiger partial charge in [-0.3, -0.25) is 0 Å². The van der Waals surface area contributed by atoms with Gasteiger partial charge in [0.15, 0.2) is 0 Å². The third-order valence-electron chi connectivity index (χ3n) is 15.3. The molecule has 10 aromatic carbocycles. The highest BCUT2D eigenvalue weighted by Crippen LogP contribution is 2.47. The van der Waals surface area contributed by atoms with E-state index in [0.717, 1.165) is 133 Å². The summed E-state index contributed by atoms with van der Waals surface area (Å²) >= 11 is 0. The van der Waals surface area contributed by atoms with E-state index in [9.17, 15) is 5.26 Å². The first-order valence-electron chi connectivity index (χ1n) is 26.2. The molecule has 0 aliphatic heterocycles. The van der Waals surface area contributed by atoms with E-state index in [1.165, 1.54) is 12.1 Å². The Kier molecular flexibility index (Phi) is 11.7. The van der Waals surface area contributed by atoms with Crippen LogP contribution in [0.25, 0.3) is 111 Å². The minimum Gasteiger partial charge on any atom is -0.309 e. The van der Waals surface area contributed by atoms with Crippen LogP contribution in [0.5, 0.6) is 0 Å². The number of hydrogen-bond acceptors (Lipinski definition) is 1. The largest absolute Gasteiger partial charge is 0.417 e. The van der Waals surface area contributed by atoms with Crippen molar-refractivity contribution in [3.05, 3.63) is 237 Å². The van der Waals surface area contributed by atoms with Crippen LogP contribution in [0.3, 0.4) is 0 Å². The molecule has 0 aliphatic carbocycles. The highest BCUT2D eigenvalue weighted by molar-refractivity contribution is 6.14. The zero-order valence-corrected chi connectivity index (χ0v) is 44.7. The Morgan fingerprint density at radius 3 is 0.987 bits per heavy atom. The van der Waals surface area contributed by atoms with E-state index in [0.29, 0.717) is 28.1 Å². The summed E-state index contributed by atoms with van der Waals surface area (Å²) in [5, 5.41) is 15.4. The summed E-state index contributed by atoms with van der Waals surface area (Å²) in [6.45, 7) is 18.6. The summed E-state index contributed by atoms with van der Waals surface area (Å²) in [5.41, 5.74) is 22.4. The molecule has 0 saturated heterocycles. The van der Waals surface area contributed by atoms with Crippen LogP contribution in [-0.4, -0.2) is 9.13 Å². The molecular weight excluding hydrogens is 952 g/mol. The van der Waals surface area contributed by atoms with Crippen LogP contribution >= 0.6 is 0 Å². The average molecular weight is 1010 g/mol. The van der Waals surface area contributed by atoms with Gasteiger partial charge in [-0.1, -0.05) is 154 Å². The number of aromatic nitrogens is 2. The molecule has 12 aromatic rings. The second-order valence-corrected chi connectivity index (χ2v) is 21.6. The van der Waals surface area contributed by atoms with Gasteiger partial charge in [0.1, 0.15) is 6.07 Å². The molecule has 0 N–H and O–H groups in total. The summed E-state index contributed by atoms with van der Waals surface area (Å²) < 4.78 is 51.4. The maximum atomic E-state index is 15.7. The monoisotopic (exact) mass is 1010 g/mol. The number of nitriles is 1. The summed E-state index contributed by atoms with van der Waals surface area (Å²) in [4.78, 5) is 0. The number of alkyl halides is 3. The van der Waals surface area contributed by atoms with E-state index in [4.69, 9.17) is 0 Å². The number of hydrogen-bond donors (Lipinski definition) is 0. The van der Waals surface area contributed by atoms with Crippen molar-refractivity contribution in [1.29, 1.82) is 5.26 Å². The molecule has 376 valence electrons. The Hall–Kier alpha value is -8.92. The van der Waals surface area contributed by atoms with Crippen LogP contribution < -0.4 is 0 Å². The summed E-state index contributed by atoms with van der Waals surface area (Å²) in [6.07, 6.45) is -4.70. The van der Waals surface area contributed by atoms with Gasteiger partial charge < -0.3 is 9.13 Å². The van der Waals surface area contributed by atoms with Gasteiger partial charge in [0, 0.05) is 27.1 Å². The van der Waals surface area contributed by atoms with Crippen LogP contribution in [0.15, 0.2) is 176 Å². The highest BCUT2D eigenvalue weighted by Gasteiger charge is 2.36. The fourth-order valence-corrected chi connectivity index (χ4v) is 12.3. The Morgan fingerprint density at radius 1 is 0.351 bits per heavy atom. The second-order valence-electron chi connectivity index (χ2n) is 21.6. The molecule has 0 atom stereocenters. The number of rotatable bonds is 7. The zero-order chi connectivity index (χ0) is 53.8. The SMILES string of the molecule is Cc1cc(C)cc(-c2ccc3c(c2)c2cc(-c4cc(C)cc(C)c4)ccc2n3-c2cc(-c3c(C)cccc3C(F)(F)F)c(-n3c4ccc(-c5cc(C)cc(C)c5)cc4c4cc(-c5cc(C)cc(C)c5)ccc43)cc2C#N)c1. The third-order valence-corrected chi connectivity index (χ3v) is 15.3. The van der Waals surface area contributed by atoms with Crippen LogP contribution in [0.4, 0.5) is 13.2 Å². The summed E-state index contributed by atoms with van der Waals surface area (Å²) in [6, 6.07) is 62.4. The molecule has 77 heavy (non-hydrogen) atoms. The Balaban J connectivity index is 1.19. The van der Waals surface area contributed by atoms with Crippen LogP contribution in [0.2, 0.25) is 0 Å². The van der Waals surface area contributed by atoms with Crippen molar-refractivity contribution < 1.29 is 13.2 Å². The molecule has 0 bridgehead atoms. The Morgan fingerprint density at radius 2 is 0.675 bits per heavy atom. The fourth-order valence-electron chi connectivity index (χ4n) is 12.3. The second kappa shape index (κ2) is 18.4. The molecule has 0 unspecified atom stereocenters. The number of fused-ring (bicyclic) bond motifs is 6. The van der Waals surface area contributed by atoms with E-state index in [1.807, 2.05) is 12.1 Å². The topological polar surface area (TPSA) is 33.6 Å². The minimum absolute atomic E-state index is 0.0597. The molecule has 2 heterocycles. The smallest absolute Gasteiger partial charge is 0.309 e. The molecule has 0 saturated carbocycles. The number of nitrogens with zero attached hydrogens (tertiary/aromatic N) is 3.